The Morgan fingerprint density at radius 1 is 0.977 bits per heavy atom. The molecule has 0 saturated heterocycles. The van der Waals surface area contributed by atoms with Crippen molar-refractivity contribution >= 4 is 32.4 Å². The monoisotopic (exact) mass is 645 g/mol. The molecule has 1 heterocycles. The van der Waals surface area contributed by atoms with Gasteiger partial charge in [0, 0.05) is 69.5 Å². The Kier molecular flexibility index (Phi) is 10.6. The molecule has 2 atom stereocenters. The highest BCUT2D eigenvalue weighted by Gasteiger charge is 2.31. The van der Waals surface area contributed by atoms with Gasteiger partial charge in [-0.15, -0.1) is 0 Å². The number of sulfone groups is 1. The molecule has 8 nitrogen and oxygen atoms in total. The molecule has 3 aromatic rings. The summed E-state index contributed by atoms with van der Waals surface area (Å²) in [5.74, 6) is -2.54. The molecule has 11 heteroatoms. The molecule has 44 heavy (non-hydrogen) atoms. The second-order valence-electron chi connectivity index (χ2n) is 13.0. The first-order valence-electron chi connectivity index (χ1n) is 14.1. The molecular formula is C33H40FNO7S2. The minimum Gasteiger partial charge on any atom is -0.460 e. The third-order valence-electron chi connectivity index (χ3n) is 6.72. The van der Waals surface area contributed by atoms with Crippen molar-refractivity contribution in [1.29, 1.82) is 0 Å². The fraction of sp³-hybridized carbons (Fsp3) is 0.424. The number of aryl methyl sites for hydroxylation is 1. The Hall–Kier alpha value is -3.44. The van der Waals surface area contributed by atoms with E-state index in [2.05, 4.69) is 0 Å². The van der Waals surface area contributed by atoms with Crippen LogP contribution >= 0.6 is 0 Å². The number of hydrogen-bond donors (Lipinski definition) is 0. The summed E-state index contributed by atoms with van der Waals surface area (Å²) in [4.78, 5) is 39.9. The number of benzene rings is 2. The minimum atomic E-state index is -3.46. The van der Waals surface area contributed by atoms with Crippen LogP contribution in [0.3, 0.4) is 0 Å². The van der Waals surface area contributed by atoms with Gasteiger partial charge in [0.1, 0.15) is 11.4 Å². The molecule has 0 aliphatic carbocycles. The zero-order valence-corrected chi connectivity index (χ0v) is 28.0. The molecule has 2 aromatic carbocycles. The van der Waals surface area contributed by atoms with Gasteiger partial charge < -0.3 is 9.30 Å². The second kappa shape index (κ2) is 13.3. The predicted octanol–water partition coefficient (Wildman–Crippen LogP) is 5.33. The van der Waals surface area contributed by atoms with Crippen molar-refractivity contribution in [3.05, 3.63) is 93.2 Å². The van der Waals surface area contributed by atoms with Gasteiger partial charge in [0.05, 0.1) is 12.2 Å². The van der Waals surface area contributed by atoms with E-state index < -0.39 is 60.0 Å². The van der Waals surface area contributed by atoms with E-state index in [1.807, 2.05) is 20.8 Å². The average Bonchev–Trinajstić information content (AvgIpc) is 2.87. The van der Waals surface area contributed by atoms with Crippen LogP contribution in [0.2, 0.25) is 0 Å². The van der Waals surface area contributed by atoms with Crippen LogP contribution in [0.4, 0.5) is 4.39 Å². The Balaban J connectivity index is 2.34. The van der Waals surface area contributed by atoms with E-state index in [1.165, 1.54) is 60.3 Å². The number of ketones is 1. The van der Waals surface area contributed by atoms with Crippen LogP contribution in [-0.4, -0.2) is 51.3 Å². The average molecular weight is 646 g/mol. The fourth-order valence-corrected chi connectivity index (χ4v) is 6.59. The van der Waals surface area contributed by atoms with Crippen LogP contribution in [0.15, 0.2) is 59.5 Å². The summed E-state index contributed by atoms with van der Waals surface area (Å²) in [5, 5.41) is 0. The maximum Gasteiger partial charge on any atom is 0.306 e. The van der Waals surface area contributed by atoms with E-state index in [1.54, 1.807) is 26.8 Å². The lowest BCUT2D eigenvalue weighted by Crippen LogP contribution is -2.30. The van der Waals surface area contributed by atoms with Gasteiger partial charge in [0.15, 0.2) is 15.6 Å². The van der Waals surface area contributed by atoms with Crippen LogP contribution in [0, 0.1) is 5.82 Å². The van der Waals surface area contributed by atoms with Crippen molar-refractivity contribution in [2.45, 2.75) is 70.0 Å². The van der Waals surface area contributed by atoms with Gasteiger partial charge in [-0.05, 0) is 88.6 Å². The number of carbonyl (C=O) groups is 2. The van der Waals surface area contributed by atoms with Gasteiger partial charge in [-0.3, -0.25) is 18.6 Å². The first-order chi connectivity index (χ1) is 20.1. The number of carbonyl (C=O) groups excluding carboxylic acids is 2. The largest absolute Gasteiger partial charge is 0.460 e. The molecule has 0 radical (unpaired) electrons. The second-order valence-corrected chi connectivity index (χ2v) is 17.4. The molecule has 0 spiro atoms. The molecule has 0 aliphatic rings. The van der Waals surface area contributed by atoms with E-state index in [-0.39, 0.29) is 29.1 Å². The van der Waals surface area contributed by atoms with Crippen LogP contribution in [-0.2, 0) is 43.0 Å². The minimum absolute atomic E-state index is 0.0210. The van der Waals surface area contributed by atoms with Crippen molar-refractivity contribution < 1.29 is 31.3 Å². The topological polar surface area (TPSA) is 117 Å². The van der Waals surface area contributed by atoms with Crippen molar-refractivity contribution in [3.63, 3.8) is 0 Å². The lowest BCUT2D eigenvalue weighted by atomic mass is 9.86. The summed E-state index contributed by atoms with van der Waals surface area (Å²) < 4.78 is 57.8. The number of esters is 1. The van der Waals surface area contributed by atoms with Crippen molar-refractivity contribution in [1.82, 2.24) is 4.57 Å². The van der Waals surface area contributed by atoms with E-state index in [4.69, 9.17) is 4.74 Å². The van der Waals surface area contributed by atoms with E-state index in [9.17, 15) is 31.4 Å². The number of rotatable bonds is 10. The van der Waals surface area contributed by atoms with Gasteiger partial charge in [-0.2, -0.15) is 0 Å². The molecule has 3 rings (SSSR count). The summed E-state index contributed by atoms with van der Waals surface area (Å²) in [7, 11) is -3.37. The molecule has 0 unspecified atom stereocenters. The zero-order valence-electron chi connectivity index (χ0n) is 26.4. The fourth-order valence-electron chi connectivity index (χ4n) is 4.64. The summed E-state index contributed by atoms with van der Waals surface area (Å²) in [6, 6.07) is 11.0. The first kappa shape index (κ1) is 35.0. The lowest BCUT2D eigenvalue weighted by Gasteiger charge is -2.27. The van der Waals surface area contributed by atoms with E-state index >= 15 is 0 Å². The van der Waals surface area contributed by atoms with Gasteiger partial charge in [0.25, 0.3) is 5.56 Å². The normalized spacial score (nSPS) is 13.8. The quantitative estimate of drug-likeness (QED) is 0.216. The maximum atomic E-state index is 13.8. The maximum absolute atomic E-state index is 13.8. The van der Waals surface area contributed by atoms with Crippen molar-refractivity contribution in [3.8, 4) is 11.1 Å². The standard InChI is InChI=1S/C33H40FNO7S2/c1-32(2,3)42-30(37)16-23(19-43(39)33(4,5)6)26-17-29(36)35(7)18-28(26)27-15-21(20-44(8,40)41)9-14-25(27)31(38)22-10-12-24(34)13-11-22/h9-15,17-18,23H,16,19-20H2,1-8H3/t23-,43-/m1/s1. The van der Waals surface area contributed by atoms with E-state index in [0.29, 0.717) is 22.3 Å². The summed E-state index contributed by atoms with van der Waals surface area (Å²) in [5.41, 5.74) is 0.707. The zero-order chi connectivity index (χ0) is 33.2. The molecule has 0 N–H and O–H groups in total. The SMILES string of the molecule is Cn1cc(-c2cc(CS(C)(=O)=O)ccc2C(=O)c2ccc(F)cc2)c([C@H](CC(=O)OC(C)(C)C)C[S@@](=O)C(C)(C)C)cc1=O. The molecule has 238 valence electrons. The number of aromatic nitrogens is 1. The molecule has 0 aliphatic heterocycles. The summed E-state index contributed by atoms with van der Waals surface area (Å²) >= 11 is 0. The number of pyridine rings is 1. The first-order valence-corrected chi connectivity index (χ1v) is 17.4. The summed E-state index contributed by atoms with van der Waals surface area (Å²) in [6.07, 6.45) is 2.44. The highest BCUT2D eigenvalue weighted by Crippen LogP contribution is 2.36. The summed E-state index contributed by atoms with van der Waals surface area (Å²) in [6.45, 7) is 10.6. The lowest BCUT2D eigenvalue weighted by molar-refractivity contribution is -0.155. The van der Waals surface area contributed by atoms with Crippen LogP contribution in [0.1, 0.15) is 80.9 Å². The van der Waals surface area contributed by atoms with Gasteiger partial charge in [-0.25, -0.2) is 12.8 Å². The predicted molar refractivity (Wildman–Crippen MR) is 171 cm³/mol. The third kappa shape index (κ3) is 9.53. The molecule has 0 bridgehead atoms. The Morgan fingerprint density at radius 3 is 2.14 bits per heavy atom. The highest BCUT2D eigenvalue weighted by atomic mass is 32.2. The third-order valence-corrected chi connectivity index (χ3v) is 9.65. The van der Waals surface area contributed by atoms with Gasteiger partial charge >= 0.3 is 5.97 Å². The molecule has 0 amide bonds. The van der Waals surface area contributed by atoms with Crippen LogP contribution < -0.4 is 5.56 Å². The Labute approximate surface area is 261 Å². The number of halogens is 1. The Morgan fingerprint density at radius 2 is 1.59 bits per heavy atom. The van der Waals surface area contributed by atoms with Crippen LogP contribution in [0.5, 0.6) is 0 Å². The van der Waals surface area contributed by atoms with E-state index in [0.717, 1.165) is 6.26 Å². The van der Waals surface area contributed by atoms with Crippen molar-refractivity contribution in [2.75, 3.05) is 12.0 Å². The number of ether oxygens (including phenoxy) is 1. The van der Waals surface area contributed by atoms with Crippen molar-refractivity contribution in [2.24, 2.45) is 7.05 Å². The number of hydrogen-bond acceptors (Lipinski definition) is 7. The Bertz CT molecular complexity index is 1750. The molecule has 0 fully saturated rings. The smallest absolute Gasteiger partial charge is 0.306 e. The van der Waals surface area contributed by atoms with Crippen LogP contribution in [0.25, 0.3) is 11.1 Å². The number of nitrogens with zero attached hydrogens (tertiary/aromatic N) is 1. The van der Waals surface area contributed by atoms with Gasteiger partial charge in [-0.1, -0.05) is 12.1 Å². The highest BCUT2D eigenvalue weighted by molar-refractivity contribution is 7.89. The molecule has 1 aromatic heterocycles. The molecule has 0 saturated carbocycles. The van der Waals surface area contributed by atoms with Gasteiger partial charge in [0.2, 0.25) is 0 Å². The molecular weight excluding hydrogens is 605 g/mol.